The number of unbranched alkanes of at least 4 members (excludes halogenated alkanes) is 11. The summed E-state index contributed by atoms with van der Waals surface area (Å²) in [5.41, 5.74) is 0. The van der Waals surface area contributed by atoms with E-state index in [1.54, 1.807) is 6.08 Å². The van der Waals surface area contributed by atoms with Gasteiger partial charge in [0.25, 0.3) is 0 Å². The van der Waals surface area contributed by atoms with Gasteiger partial charge in [-0.1, -0.05) is 126 Å². The Kier molecular flexibility index (Phi) is 29.9. The number of aliphatic hydroxyl groups is 8. The Bertz CT molecular complexity index is 1240. The maximum absolute atomic E-state index is 13.1. The molecule has 0 saturated carbocycles. The number of hydrogen-bond acceptors (Lipinski definition) is 13. The first-order valence-corrected chi connectivity index (χ1v) is 22.5. The van der Waals surface area contributed by atoms with Gasteiger partial charge in [0.2, 0.25) is 5.91 Å². The summed E-state index contributed by atoms with van der Waals surface area (Å²) in [7, 11) is 0. The third-order valence-electron chi connectivity index (χ3n) is 10.7. The van der Waals surface area contributed by atoms with Gasteiger partial charge in [-0.3, -0.25) is 4.79 Å². The Morgan fingerprint density at radius 3 is 1.77 bits per heavy atom. The number of aliphatic hydroxyl groups excluding tert-OH is 8. The molecule has 14 heteroatoms. The summed E-state index contributed by atoms with van der Waals surface area (Å²) in [5.74, 6) is -0.263. The van der Waals surface area contributed by atoms with Crippen LogP contribution in [0.4, 0.5) is 0 Å². The average Bonchev–Trinajstić information content (AvgIpc) is 3.24. The summed E-state index contributed by atoms with van der Waals surface area (Å²) in [5, 5.41) is 86.2. The highest BCUT2D eigenvalue weighted by molar-refractivity contribution is 5.76. The van der Waals surface area contributed by atoms with E-state index < -0.39 is 86.8 Å². The summed E-state index contributed by atoms with van der Waals surface area (Å²) in [4.78, 5) is 13.1. The van der Waals surface area contributed by atoms with Crippen LogP contribution in [0.5, 0.6) is 0 Å². The highest BCUT2D eigenvalue weighted by Gasteiger charge is 2.50. The molecule has 1 amide bonds. The first-order chi connectivity index (χ1) is 29.1. The molecule has 60 heavy (non-hydrogen) atoms. The minimum atomic E-state index is -1.79. The lowest BCUT2D eigenvalue weighted by Crippen LogP contribution is -2.65. The largest absolute Gasteiger partial charge is 0.394 e. The summed E-state index contributed by atoms with van der Waals surface area (Å²) in [6.45, 7) is 2.56. The summed E-state index contributed by atoms with van der Waals surface area (Å²) in [6, 6.07) is -0.921. The van der Waals surface area contributed by atoms with Gasteiger partial charge < -0.3 is 65.1 Å². The van der Waals surface area contributed by atoms with Crippen molar-refractivity contribution >= 4 is 5.91 Å². The molecular weight excluding hydrogens is 774 g/mol. The van der Waals surface area contributed by atoms with Gasteiger partial charge in [0.1, 0.15) is 48.8 Å². The van der Waals surface area contributed by atoms with E-state index in [9.17, 15) is 45.6 Å². The second-order valence-corrected chi connectivity index (χ2v) is 15.8. The molecule has 0 aromatic heterocycles. The first kappa shape index (κ1) is 53.8. The number of amides is 1. The van der Waals surface area contributed by atoms with Crippen LogP contribution in [0.2, 0.25) is 0 Å². The molecular formula is C46H79NO13. The van der Waals surface area contributed by atoms with Gasteiger partial charge in [0.05, 0.1) is 32.0 Å². The molecule has 12 atom stereocenters. The van der Waals surface area contributed by atoms with Crippen LogP contribution in [-0.2, 0) is 23.7 Å². The van der Waals surface area contributed by atoms with Crippen LogP contribution in [0.3, 0.4) is 0 Å². The monoisotopic (exact) mass is 854 g/mol. The zero-order valence-electron chi connectivity index (χ0n) is 36.2. The second-order valence-electron chi connectivity index (χ2n) is 15.8. The standard InChI is InChI=1S/C46H79NO13/c1-3-5-7-9-11-12-13-14-15-16-17-18-19-20-21-22-24-26-28-30-38(51)47-34(35(50)29-27-25-23-10-8-6-4-2)33-57-45-43(56)41(54)44(37(32-49)59-45)60-46-42(55)40(53)39(52)36(31-48)58-46/h5,7,11-12,14-15,17-18,27,29,34-37,39-46,48-50,52-56H,3-4,6,8-10,13,16,19-26,28,30-33H2,1-2H3,(H,47,51)/b7-5-,12-11-,15-14-,18-17-,29-27+. The molecule has 2 rings (SSSR count). The lowest BCUT2D eigenvalue weighted by molar-refractivity contribution is -0.359. The highest BCUT2D eigenvalue weighted by Crippen LogP contribution is 2.30. The van der Waals surface area contributed by atoms with Gasteiger partial charge in [-0.2, -0.15) is 0 Å². The Morgan fingerprint density at radius 1 is 0.617 bits per heavy atom. The highest BCUT2D eigenvalue weighted by atomic mass is 16.7. The van der Waals surface area contributed by atoms with E-state index in [0.29, 0.717) is 6.42 Å². The van der Waals surface area contributed by atoms with Gasteiger partial charge >= 0.3 is 0 Å². The molecule has 0 aromatic carbocycles. The van der Waals surface area contributed by atoms with E-state index in [1.165, 1.54) is 6.42 Å². The van der Waals surface area contributed by atoms with Crippen molar-refractivity contribution in [1.82, 2.24) is 5.32 Å². The number of carbonyl (C=O) groups excluding carboxylic acids is 1. The summed E-state index contributed by atoms with van der Waals surface area (Å²) < 4.78 is 22.5. The maximum atomic E-state index is 13.1. The summed E-state index contributed by atoms with van der Waals surface area (Å²) >= 11 is 0. The third kappa shape index (κ3) is 21.2. The molecule has 12 unspecified atom stereocenters. The van der Waals surface area contributed by atoms with Crippen LogP contribution < -0.4 is 5.32 Å². The number of ether oxygens (including phenoxy) is 4. The number of rotatable bonds is 32. The van der Waals surface area contributed by atoms with Crippen LogP contribution >= 0.6 is 0 Å². The topological polar surface area (TPSA) is 228 Å². The van der Waals surface area contributed by atoms with Crippen molar-refractivity contribution in [3.8, 4) is 0 Å². The second kappa shape index (κ2) is 33.3. The van der Waals surface area contributed by atoms with E-state index >= 15 is 0 Å². The fourth-order valence-corrected chi connectivity index (χ4v) is 6.98. The Labute approximate surface area is 358 Å². The van der Waals surface area contributed by atoms with Crippen LogP contribution in [-0.4, -0.2) is 140 Å². The molecule has 0 aromatic rings. The van der Waals surface area contributed by atoms with Gasteiger partial charge in [0.15, 0.2) is 12.6 Å². The minimum Gasteiger partial charge on any atom is -0.394 e. The van der Waals surface area contributed by atoms with Crippen LogP contribution in [0.15, 0.2) is 60.8 Å². The van der Waals surface area contributed by atoms with Crippen LogP contribution in [0.25, 0.3) is 0 Å². The van der Waals surface area contributed by atoms with Crippen molar-refractivity contribution in [3.63, 3.8) is 0 Å². The van der Waals surface area contributed by atoms with Crippen molar-refractivity contribution in [2.45, 2.75) is 203 Å². The van der Waals surface area contributed by atoms with Crippen molar-refractivity contribution in [1.29, 1.82) is 0 Å². The number of allylic oxidation sites excluding steroid dienone is 9. The lowest BCUT2D eigenvalue weighted by atomic mass is 9.97. The van der Waals surface area contributed by atoms with Crippen molar-refractivity contribution in [2.24, 2.45) is 0 Å². The molecule has 0 aliphatic carbocycles. The Hall–Kier alpha value is -2.31. The third-order valence-corrected chi connectivity index (χ3v) is 10.7. The molecule has 14 nitrogen and oxygen atoms in total. The molecule has 2 heterocycles. The van der Waals surface area contributed by atoms with Crippen molar-refractivity contribution in [3.05, 3.63) is 60.8 Å². The van der Waals surface area contributed by atoms with Crippen molar-refractivity contribution < 1.29 is 64.6 Å². The Morgan fingerprint density at radius 2 is 1.15 bits per heavy atom. The van der Waals surface area contributed by atoms with Crippen LogP contribution in [0, 0.1) is 0 Å². The molecule has 2 fully saturated rings. The van der Waals surface area contributed by atoms with E-state index in [4.69, 9.17) is 18.9 Å². The maximum Gasteiger partial charge on any atom is 0.220 e. The molecule has 2 saturated heterocycles. The molecule has 9 N–H and O–H groups in total. The minimum absolute atomic E-state index is 0.261. The molecule has 0 bridgehead atoms. The van der Waals surface area contributed by atoms with E-state index in [-0.39, 0.29) is 18.9 Å². The predicted octanol–water partition coefficient (Wildman–Crippen LogP) is 4.32. The normalized spacial score (nSPS) is 28.8. The zero-order chi connectivity index (χ0) is 44.0. The molecule has 2 aliphatic rings. The van der Waals surface area contributed by atoms with E-state index in [0.717, 1.165) is 96.3 Å². The van der Waals surface area contributed by atoms with Gasteiger partial charge in [-0.05, 0) is 57.8 Å². The fraction of sp³-hybridized carbons (Fsp3) is 0.761. The number of carbonyl (C=O) groups is 1. The Balaban J connectivity index is 1.83. The number of hydrogen-bond donors (Lipinski definition) is 9. The molecule has 0 radical (unpaired) electrons. The molecule has 346 valence electrons. The number of nitrogens with one attached hydrogen (secondary N) is 1. The first-order valence-electron chi connectivity index (χ1n) is 22.5. The zero-order valence-corrected chi connectivity index (χ0v) is 36.2. The molecule has 2 aliphatic heterocycles. The smallest absolute Gasteiger partial charge is 0.220 e. The van der Waals surface area contributed by atoms with Gasteiger partial charge in [-0.25, -0.2) is 0 Å². The molecule has 0 spiro atoms. The SMILES string of the molecule is CC/C=C\C/C=C\C/C=C\C/C=C\CCCCCCCCC(=O)NC(COC1OC(CO)C(OC2OC(CO)C(O)C(O)C2O)C(O)C1O)C(O)/C=C/CCCCCCC. The van der Waals surface area contributed by atoms with Gasteiger partial charge in [0, 0.05) is 6.42 Å². The van der Waals surface area contributed by atoms with Crippen molar-refractivity contribution in [2.75, 3.05) is 19.8 Å². The predicted molar refractivity (Wildman–Crippen MR) is 230 cm³/mol. The van der Waals surface area contributed by atoms with E-state index in [2.05, 4.69) is 67.8 Å². The quantitative estimate of drug-likeness (QED) is 0.0340. The average molecular weight is 854 g/mol. The lowest BCUT2D eigenvalue weighted by Gasteiger charge is -2.46. The van der Waals surface area contributed by atoms with Gasteiger partial charge in [-0.15, -0.1) is 0 Å². The van der Waals surface area contributed by atoms with Crippen LogP contribution in [0.1, 0.15) is 129 Å². The van der Waals surface area contributed by atoms with E-state index in [1.807, 2.05) is 6.08 Å². The fourth-order valence-electron chi connectivity index (χ4n) is 6.98. The summed E-state index contributed by atoms with van der Waals surface area (Å²) in [6.07, 6.45) is 21.5.